The van der Waals surface area contributed by atoms with Crippen LogP contribution in [0.15, 0.2) is 320 Å². The fourth-order valence-electron chi connectivity index (χ4n) is 16.1. The summed E-state index contributed by atoms with van der Waals surface area (Å²) in [6.45, 7) is -0.499. The summed E-state index contributed by atoms with van der Waals surface area (Å²) in [4.78, 5) is 7.75. The summed E-state index contributed by atoms with van der Waals surface area (Å²) in [5.74, 6) is 1.74. The average Bonchev–Trinajstić information content (AvgIpc) is 1.21. The monoisotopic (exact) mass is 1170 g/mol. The van der Waals surface area contributed by atoms with Crippen LogP contribution in [0, 0.1) is 0 Å². The van der Waals surface area contributed by atoms with E-state index in [2.05, 4.69) is 335 Å². The van der Waals surface area contributed by atoms with E-state index in [1.54, 1.807) is 0 Å². The molecule has 92 heavy (non-hydrogen) atoms. The van der Waals surface area contributed by atoms with Crippen LogP contribution in [0.1, 0.15) is 0 Å². The molecule has 16 aromatic rings. The zero-order valence-corrected chi connectivity index (χ0v) is 49.8. The fraction of sp³-hybridized carbons (Fsp3) is 0. The van der Waals surface area contributed by atoms with E-state index >= 15 is 0 Å². The van der Waals surface area contributed by atoms with Crippen molar-refractivity contribution in [1.82, 2.24) is 4.57 Å². The van der Waals surface area contributed by atoms with E-state index in [9.17, 15) is 0 Å². The molecule has 4 aliphatic heterocycles. The van der Waals surface area contributed by atoms with Crippen molar-refractivity contribution in [2.45, 2.75) is 0 Å². The predicted octanol–water partition coefficient (Wildman–Crippen LogP) is 18.2. The molecule has 0 atom stereocenters. The smallest absolute Gasteiger partial charge is 0.256 e. The Hall–Kier alpha value is -12.0. The standard InChI is InChI=1S/C84H52B2N4O2/c1-6-27-53(28-7-1)58-37-16-21-44-67(58)89-70-50-71-66(49-65(70)86-64-43-20-25-48-76(64)92-84-78-61-38-17-22-45-68(61)87(56-33-12-4-13-34-56)72(78)51-73(89)81(84)86)85-63-42-19-23-46-69(63)88(57-35-14-5-15-36-57)83-79-62-39-18-24-47-75(62)91-77(79)52-74(80(83)85)90(71)82-59(54-29-8-2-9-30-54)40-26-41-60(82)55-31-10-3-11-32-55/h1-52H. The number of furan rings is 1. The number of anilines is 9. The molecular weight excluding hydrogens is 1120 g/mol. The first kappa shape index (κ1) is 51.0. The number of hydrogen-bond acceptors (Lipinski definition) is 5. The van der Waals surface area contributed by atoms with Crippen LogP contribution in [0.2, 0.25) is 0 Å². The highest BCUT2D eigenvalue weighted by Gasteiger charge is 2.50. The predicted molar refractivity (Wildman–Crippen MR) is 384 cm³/mol. The SMILES string of the molecule is c1ccc(-c2ccccc2N2c3cc4c(cc3B3c5ccccc5Oc5c3c2cc2c5c3ccccc3n2-c2ccccc2)B2c3ccccc3N(c3ccccc3)c3c2c(cc2oc5ccccc5c32)N4c2c(-c3ccccc3)cccc2-c2ccccc2)cc1. The van der Waals surface area contributed by atoms with E-state index in [4.69, 9.17) is 9.15 Å². The topological polar surface area (TPSA) is 37.0 Å². The molecular formula is C84H52B2N4O2. The molecule has 14 aromatic carbocycles. The number of nitrogens with zero attached hydrogens (tertiary/aromatic N) is 4. The molecule has 0 unspecified atom stereocenters. The third-order valence-corrected chi connectivity index (χ3v) is 19.8. The molecule has 426 valence electrons. The van der Waals surface area contributed by atoms with Gasteiger partial charge in [0.05, 0.1) is 38.9 Å². The molecule has 0 saturated heterocycles. The average molecular weight is 1170 g/mol. The maximum Gasteiger partial charge on any atom is 0.256 e. The van der Waals surface area contributed by atoms with E-state index in [-0.39, 0.29) is 13.4 Å². The summed E-state index contributed by atoms with van der Waals surface area (Å²) in [5.41, 5.74) is 28.5. The molecule has 0 aliphatic carbocycles. The number of aromatic nitrogens is 1. The number of fused-ring (bicyclic) bond motifs is 16. The summed E-state index contributed by atoms with van der Waals surface area (Å²) in [6, 6.07) is 116. The van der Waals surface area contributed by atoms with Gasteiger partial charge in [0.2, 0.25) is 0 Å². The summed E-state index contributed by atoms with van der Waals surface area (Å²) < 4.78 is 17.3. The third-order valence-electron chi connectivity index (χ3n) is 19.8. The summed E-state index contributed by atoms with van der Waals surface area (Å²) in [6.07, 6.45) is 0. The van der Waals surface area contributed by atoms with E-state index in [0.29, 0.717) is 0 Å². The van der Waals surface area contributed by atoms with Crippen molar-refractivity contribution in [2.24, 2.45) is 0 Å². The van der Waals surface area contributed by atoms with Crippen molar-refractivity contribution in [3.63, 3.8) is 0 Å². The van der Waals surface area contributed by atoms with E-state index < -0.39 is 0 Å². The Kier molecular flexibility index (Phi) is 10.9. The highest BCUT2D eigenvalue weighted by atomic mass is 16.5. The van der Waals surface area contributed by atoms with Crippen molar-refractivity contribution in [3.05, 3.63) is 315 Å². The minimum absolute atomic E-state index is 0.248. The molecule has 2 aromatic heterocycles. The Morgan fingerprint density at radius 2 is 0.815 bits per heavy atom. The van der Waals surface area contributed by atoms with Gasteiger partial charge in [-0.2, -0.15) is 0 Å². The number of benzene rings is 14. The van der Waals surface area contributed by atoms with Crippen LogP contribution in [-0.2, 0) is 0 Å². The normalized spacial score (nSPS) is 13.2. The highest BCUT2D eigenvalue weighted by molar-refractivity contribution is 7.03. The first-order chi connectivity index (χ1) is 45.7. The van der Waals surface area contributed by atoms with Gasteiger partial charge in [-0.3, -0.25) is 0 Å². The summed E-state index contributed by atoms with van der Waals surface area (Å²) in [7, 11) is 0. The maximum absolute atomic E-state index is 7.63. The van der Waals surface area contributed by atoms with Gasteiger partial charge < -0.3 is 28.4 Å². The lowest BCUT2D eigenvalue weighted by atomic mass is 9.30. The number of ether oxygens (including phenoxy) is 1. The zero-order valence-electron chi connectivity index (χ0n) is 49.8. The number of hydrogen-bond donors (Lipinski definition) is 0. The van der Waals surface area contributed by atoms with E-state index in [1.165, 1.54) is 21.9 Å². The molecule has 0 saturated carbocycles. The van der Waals surface area contributed by atoms with Gasteiger partial charge in [0.15, 0.2) is 0 Å². The Balaban J connectivity index is 0.988. The Labute approximate surface area is 532 Å². The molecule has 0 N–H and O–H groups in total. The van der Waals surface area contributed by atoms with Gasteiger partial charge >= 0.3 is 0 Å². The lowest BCUT2D eigenvalue weighted by Gasteiger charge is -2.47. The zero-order chi connectivity index (χ0) is 60.1. The van der Waals surface area contributed by atoms with Crippen LogP contribution >= 0.6 is 0 Å². The van der Waals surface area contributed by atoms with Gasteiger partial charge in [-0.15, -0.1) is 0 Å². The maximum atomic E-state index is 7.63. The third kappa shape index (κ3) is 7.23. The van der Waals surface area contributed by atoms with Gasteiger partial charge in [0.25, 0.3) is 13.4 Å². The molecule has 0 bridgehead atoms. The van der Waals surface area contributed by atoms with Gasteiger partial charge in [-0.25, -0.2) is 0 Å². The molecule has 0 radical (unpaired) electrons. The second kappa shape index (κ2) is 19.8. The Morgan fingerprint density at radius 3 is 1.53 bits per heavy atom. The van der Waals surface area contributed by atoms with Crippen molar-refractivity contribution in [1.29, 1.82) is 0 Å². The lowest BCUT2D eigenvalue weighted by molar-refractivity contribution is 0.493. The van der Waals surface area contributed by atoms with Gasteiger partial charge in [-0.05, 0) is 116 Å². The number of para-hydroxylation sites is 8. The summed E-state index contributed by atoms with van der Waals surface area (Å²) >= 11 is 0. The van der Waals surface area contributed by atoms with Crippen molar-refractivity contribution < 1.29 is 9.15 Å². The van der Waals surface area contributed by atoms with Crippen LogP contribution in [-0.4, -0.2) is 18.0 Å². The van der Waals surface area contributed by atoms with E-state index in [1.807, 2.05) is 0 Å². The second-order valence-corrected chi connectivity index (χ2v) is 24.5. The van der Waals surface area contributed by atoms with Crippen molar-refractivity contribution in [2.75, 3.05) is 14.7 Å². The quantitative estimate of drug-likeness (QED) is 0.149. The number of rotatable bonds is 7. The molecule has 0 amide bonds. The van der Waals surface area contributed by atoms with Crippen molar-refractivity contribution in [3.8, 4) is 50.6 Å². The van der Waals surface area contributed by atoms with Crippen LogP contribution in [0.25, 0.3) is 82.8 Å². The molecule has 4 aliphatic rings. The van der Waals surface area contributed by atoms with Gasteiger partial charge in [0, 0.05) is 73.3 Å². The molecule has 6 nitrogen and oxygen atoms in total. The lowest BCUT2D eigenvalue weighted by Crippen LogP contribution is -2.64. The van der Waals surface area contributed by atoms with Gasteiger partial charge in [0.1, 0.15) is 22.7 Å². The highest BCUT2D eigenvalue weighted by Crippen LogP contribution is 2.55. The minimum atomic E-state index is -0.251. The molecule has 8 heteroatoms. The van der Waals surface area contributed by atoms with Crippen LogP contribution in [0.5, 0.6) is 11.5 Å². The second-order valence-electron chi connectivity index (χ2n) is 24.5. The molecule has 0 spiro atoms. The minimum Gasteiger partial charge on any atom is -0.458 e. The Morgan fingerprint density at radius 1 is 0.283 bits per heavy atom. The molecule has 6 heterocycles. The fourth-order valence-corrected chi connectivity index (χ4v) is 16.1. The molecule has 0 fully saturated rings. The first-order valence-corrected chi connectivity index (χ1v) is 31.7. The van der Waals surface area contributed by atoms with E-state index in [0.717, 1.165) is 156 Å². The largest absolute Gasteiger partial charge is 0.458 e. The van der Waals surface area contributed by atoms with Crippen LogP contribution in [0.4, 0.5) is 51.2 Å². The molecule has 20 rings (SSSR count). The van der Waals surface area contributed by atoms with Crippen LogP contribution < -0.4 is 52.2 Å². The first-order valence-electron chi connectivity index (χ1n) is 31.7. The van der Waals surface area contributed by atoms with Crippen molar-refractivity contribution >= 4 is 141 Å². The van der Waals surface area contributed by atoms with Crippen LogP contribution in [0.3, 0.4) is 0 Å². The Bertz CT molecular complexity index is 5660. The van der Waals surface area contributed by atoms with Gasteiger partial charge in [-0.1, -0.05) is 243 Å². The summed E-state index contributed by atoms with van der Waals surface area (Å²) in [5, 5.41) is 4.39.